The zero-order chi connectivity index (χ0) is 28.3. The van der Waals surface area contributed by atoms with Crippen molar-refractivity contribution in [1.82, 2.24) is 0 Å². The minimum Gasteiger partial charge on any atom is -0.484 e. The van der Waals surface area contributed by atoms with Gasteiger partial charge in [-0.3, -0.25) is 0 Å². The molecule has 0 spiro atoms. The van der Waals surface area contributed by atoms with Gasteiger partial charge in [-0.05, 0) is 42.3 Å². The van der Waals surface area contributed by atoms with Gasteiger partial charge in [0.1, 0.15) is 12.4 Å². The number of carboxylic acid groups (broad SMARTS) is 2. The Balaban J connectivity index is 0.000000926. The number of carbonyl (C=O) groups is 2. The molecule has 1 heterocycles. The predicted molar refractivity (Wildman–Crippen MR) is 130 cm³/mol. The summed E-state index contributed by atoms with van der Waals surface area (Å²) in [4.78, 5) is 20.8. The van der Waals surface area contributed by atoms with Crippen LogP contribution in [0.1, 0.15) is 24.5 Å². The second-order valence-electron chi connectivity index (χ2n) is 7.36. The van der Waals surface area contributed by atoms with E-state index in [4.69, 9.17) is 23.7 Å². The average Bonchev–Trinajstić information content (AvgIpc) is 3.33. The van der Waals surface area contributed by atoms with E-state index in [0.29, 0.717) is 22.1 Å². The van der Waals surface area contributed by atoms with Crippen LogP contribution in [0.25, 0.3) is 17.0 Å². The molecule has 0 atom stereocenters. The second kappa shape index (κ2) is 13.7. The molecule has 2 aromatic carbocycles. The summed E-state index contributed by atoms with van der Waals surface area (Å²) < 4.78 is 63.1. The van der Waals surface area contributed by atoms with Gasteiger partial charge < -0.3 is 33.6 Å². The van der Waals surface area contributed by atoms with Gasteiger partial charge in [-0.2, -0.15) is 0 Å². The summed E-state index contributed by atoms with van der Waals surface area (Å²) in [5.41, 5.74) is 1.51. The molecule has 0 saturated heterocycles. The largest absolute Gasteiger partial charge is 0.573 e. The van der Waals surface area contributed by atoms with E-state index in [1.54, 1.807) is 19.1 Å². The first-order valence-corrected chi connectivity index (χ1v) is 10.9. The number of halogens is 3. The minimum absolute atomic E-state index is 0.0444. The zero-order valence-electron chi connectivity index (χ0n) is 20.4. The van der Waals surface area contributed by atoms with Gasteiger partial charge in [-0.25, -0.2) is 9.59 Å². The van der Waals surface area contributed by atoms with E-state index in [-0.39, 0.29) is 42.6 Å². The van der Waals surface area contributed by atoms with E-state index < -0.39 is 18.3 Å². The van der Waals surface area contributed by atoms with Crippen LogP contribution in [0.2, 0.25) is 0 Å². The van der Waals surface area contributed by atoms with Crippen LogP contribution in [-0.2, 0) is 20.9 Å². The molecule has 0 bridgehead atoms. The van der Waals surface area contributed by atoms with Gasteiger partial charge in [0.2, 0.25) is 5.75 Å². The summed E-state index contributed by atoms with van der Waals surface area (Å²) in [7, 11) is 1.44. The molecule has 12 heteroatoms. The summed E-state index contributed by atoms with van der Waals surface area (Å²) in [6, 6.07) is 8.59. The molecule has 1 aromatic heterocycles. The normalized spacial score (nSPS) is 11.3. The van der Waals surface area contributed by atoms with Gasteiger partial charge in [0.25, 0.3) is 0 Å². The van der Waals surface area contributed by atoms with Crippen molar-refractivity contribution in [2.45, 2.75) is 26.3 Å². The fraction of sp³-hybridized carbons (Fsp3) is 0.231. The third-order valence-corrected chi connectivity index (χ3v) is 4.70. The highest BCUT2D eigenvalue weighted by Crippen LogP contribution is 2.41. The molecule has 0 aliphatic rings. The van der Waals surface area contributed by atoms with Gasteiger partial charge in [-0.15, -0.1) is 13.2 Å². The molecule has 0 amide bonds. The Morgan fingerprint density at radius 2 is 1.74 bits per heavy atom. The lowest BCUT2D eigenvalue weighted by Gasteiger charge is -2.16. The fourth-order valence-corrected chi connectivity index (χ4v) is 3.04. The number of furan rings is 1. The predicted octanol–water partition coefficient (Wildman–Crippen LogP) is 6.03. The molecule has 0 aliphatic carbocycles. The molecule has 0 unspecified atom stereocenters. The first-order valence-electron chi connectivity index (χ1n) is 10.9. The molecule has 0 fully saturated rings. The number of alkyl halides is 3. The molecule has 204 valence electrons. The number of methoxy groups -OCH3 is 1. The highest BCUT2D eigenvalue weighted by atomic mass is 19.4. The van der Waals surface area contributed by atoms with Gasteiger partial charge >= 0.3 is 18.3 Å². The smallest absolute Gasteiger partial charge is 0.484 e. The maximum atomic E-state index is 12.4. The molecule has 0 radical (unpaired) electrons. The van der Waals surface area contributed by atoms with E-state index in [1.165, 1.54) is 43.7 Å². The summed E-state index contributed by atoms with van der Waals surface area (Å²) >= 11 is 0. The van der Waals surface area contributed by atoms with Crippen molar-refractivity contribution in [3.63, 3.8) is 0 Å². The fourth-order valence-electron chi connectivity index (χ4n) is 3.04. The number of hydrogen-bond acceptors (Lipinski definition) is 7. The lowest BCUT2D eigenvalue weighted by atomic mass is 10.1. The van der Waals surface area contributed by atoms with Gasteiger partial charge in [0.05, 0.1) is 6.26 Å². The Morgan fingerprint density at radius 3 is 2.26 bits per heavy atom. The van der Waals surface area contributed by atoms with Crippen molar-refractivity contribution in [3.8, 4) is 17.2 Å². The molecular weight excluding hydrogens is 513 g/mol. The van der Waals surface area contributed by atoms with E-state index in [2.05, 4.69) is 11.3 Å². The number of benzene rings is 2. The SMILES string of the molecule is C=CC(=O)O.CCC(=Cc1cc2ccoc2c(OCOC)c1OCc1ccc(OC(F)(F)F)cc1)C(=O)O. The molecule has 2 N–H and O–H groups in total. The van der Waals surface area contributed by atoms with E-state index in [0.717, 1.165) is 6.08 Å². The number of carboxylic acids is 2. The van der Waals surface area contributed by atoms with Crippen LogP contribution >= 0.6 is 0 Å². The van der Waals surface area contributed by atoms with E-state index >= 15 is 0 Å². The minimum atomic E-state index is -4.79. The van der Waals surface area contributed by atoms with Crippen LogP contribution in [0.3, 0.4) is 0 Å². The Hall–Kier alpha value is -4.45. The quantitative estimate of drug-likeness (QED) is 0.222. The molecule has 0 saturated carbocycles. The Morgan fingerprint density at radius 1 is 1.08 bits per heavy atom. The molecular formula is C26H25F3O9. The second-order valence-corrected chi connectivity index (χ2v) is 7.36. The number of ether oxygens (including phenoxy) is 4. The summed E-state index contributed by atoms with van der Waals surface area (Å²) in [5, 5.41) is 17.7. The third kappa shape index (κ3) is 8.89. The van der Waals surface area contributed by atoms with Gasteiger partial charge in [-0.1, -0.05) is 25.6 Å². The van der Waals surface area contributed by atoms with Crippen molar-refractivity contribution in [2.24, 2.45) is 0 Å². The van der Waals surface area contributed by atoms with E-state index in [1.807, 2.05) is 0 Å². The van der Waals surface area contributed by atoms with Crippen LogP contribution in [-0.4, -0.2) is 42.4 Å². The Labute approximate surface area is 215 Å². The lowest BCUT2D eigenvalue weighted by Crippen LogP contribution is -2.17. The molecule has 3 rings (SSSR count). The van der Waals surface area contributed by atoms with Crippen molar-refractivity contribution in [2.75, 3.05) is 13.9 Å². The standard InChI is InChI=1S/C23H21F3O7.C3H4O2/c1-3-15(22(27)28)10-17-11-16-8-9-30-19(16)21(32-13-29-2)20(17)31-12-14-4-6-18(7-5-14)33-23(24,25)26;1-2-3(4)5/h4-11H,3,12-13H2,1-2H3,(H,27,28);2H,1H2,(H,4,5). The van der Waals surface area contributed by atoms with Crippen LogP contribution < -0.4 is 14.2 Å². The van der Waals surface area contributed by atoms with Crippen LogP contribution in [0.5, 0.6) is 17.2 Å². The molecule has 9 nitrogen and oxygen atoms in total. The van der Waals surface area contributed by atoms with Crippen LogP contribution in [0.4, 0.5) is 13.2 Å². The molecule has 38 heavy (non-hydrogen) atoms. The van der Waals surface area contributed by atoms with Gasteiger partial charge in [0, 0.05) is 29.7 Å². The first kappa shape index (κ1) is 29.8. The summed E-state index contributed by atoms with van der Waals surface area (Å²) in [5.74, 6) is -1.99. The lowest BCUT2D eigenvalue weighted by molar-refractivity contribution is -0.274. The number of rotatable bonds is 11. The third-order valence-electron chi connectivity index (χ3n) is 4.70. The maximum absolute atomic E-state index is 12.4. The zero-order valence-corrected chi connectivity index (χ0v) is 20.4. The first-order chi connectivity index (χ1) is 18.0. The van der Waals surface area contributed by atoms with Crippen molar-refractivity contribution in [1.29, 1.82) is 0 Å². The van der Waals surface area contributed by atoms with Crippen molar-refractivity contribution < 1.29 is 56.3 Å². The highest BCUT2D eigenvalue weighted by Gasteiger charge is 2.31. The monoisotopic (exact) mass is 538 g/mol. The number of hydrogen-bond donors (Lipinski definition) is 2. The topological polar surface area (TPSA) is 125 Å². The maximum Gasteiger partial charge on any atom is 0.573 e. The Bertz CT molecular complexity index is 1280. The average molecular weight is 538 g/mol. The molecule has 3 aromatic rings. The number of aliphatic carboxylic acids is 2. The van der Waals surface area contributed by atoms with Gasteiger partial charge in [0.15, 0.2) is 18.1 Å². The summed E-state index contributed by atoms with van der Waals surface area (Å²) in [6.07, 6.45) is -0.748. The van der Waals surface area contributed by atoms with E-state index in [9.17, 15) is 27.9 Å². The Kier molecular flexibility index (Phi) is 10.8. The highest BCUT2D eigenvalue weighted by molar-refractivity contribution is 5.96. The number of fused-ring (bicyclic) bond motifs is 1. The van der Waals surface area contributed by atoms with Crippen LogP contribution in [0.15, 0.2) is 65.3 Å². The van der Waals surface area contributed by atoms with Crippen molar-refractivity contribution in [3.05, 3.63) is 72.0 Å². The van der Waals surface area contributed by atoms with Crippen LogP contribution in [0, 0.1) is 0 Å². The van der Waals surface area contributed by atoms with Crippen molar-refractivity contribution >= 4 is 29.0 Å². The molecule has 0 aliphatic heterocycles. The summed E-state index contributed by atoms with van der Waals surface area (Å²) in [6.45, 7) is 4.51.